The minimum atomic E-state index is -0.298. The van der Waals surface area contributed by atoms with Gasteiger partial charge in [0.15, 0.2) is 12.6 Å². The van der Waals surface area contributed by atoms with Crippen LogP contribution in [0, 0.1) is 10.8 Å². The number of hydrogen-bond donors (Lipinski definition) is 0. The Hall–Kier alpha value is -1.26. The molecule has 0 saturated heterocycles. The van der Waals surface area contributed by atoms with E-state index in [-0.39, 0.29) is 23.4 Å². The molecule has 0 heterocycles. The SMILES string of the molecule is CCOC(C)Oc1ccc(OC(C)OCC)c(C(CC(C)(C)C)C(C)(C)C)c1. The van der Waals surface area contributed by atoms with Crippen molar-refractivity contribution in [2.75, 3.05) is 13.2 Å². The van der Waals surface area contributed by atoms with Gasteiger partial charge in [0, 0.05) is 18.8 Å². The third-order valence-corrected chi connectivity index (χ3v) is 4.62. The Morgan fingerprint density at radius 2 is 1.36 bits per heavy atom. The van der Waals surface area contributed by atoms with E-state index in [2.05, 4.69) is 47.6 Å². The van der Waals surface area contributed by atoms with Gasteiger partial charge in [0.05, 0.1) is 0 Å². The zero-order valence-corrected chi connectivity index (χ0v) is 19.7. The van der Waals surface area contributed by atoms with E-state index in [0.29, 0.717) is 19.1 Å². The quantitative estimate of drug-likeness (QED) is 0.410. The van der Waals surface area contributed by atoms with Crippen molar-refractivity contribution in [3.05, 3.63) is 23.8 Å². The lowest BCUT2D eigenvalue weighted by Crippen LogP contribution is -2.26. The van der Waals surface area contributed by atoms with Crippen LogP contribution >= 0.6 is 0 Å². The lowest BCUT2D eigenvalue weighted by atomic mass is 9.69. The van der Waals surface area contributed by atoms with Gasteiger partial charge < -0.3 is 18.9 Å². The zero-order chi connectivity index (χ0) is 21.5. The molecule has 0 aliphatic carbocycles. The monoisotopic (exact) mass is 394 g/mol. The van der Waals surface area contributed by atoms with Crippen molar-refractivity contribution in [1.29, 1.82) is 0 Å². The molecule has 0 aliphatic rings. The Morgan fingerprint density at radius 3 is 1.82 bits per heavy atom. The second-order valence-electron chi connectivity index (χ2n) is 9.66. The van der Waals surface area contributed by atoms with Crippen molar-refractivity contribution < 1.29 is 18.9 Å². The van der Waals surface area contributed by atoms with Gasteiger partial charge in [0.2, 0.25) is 0 Å². The molecule has 1 aromatic carbocycles. The van der Waals surface area contributed by atoms with E-state index in [1.54, 1.807) is 0 Å². The fraction of sp³-hybridized carbons (Fsp3) is 0.750. The first-order valence-electron chi connectivity index (χ1n) is 10.6. The predicted molar refractivity (Wildman–Crippen MR) is 116 cm³/mol. The predicted octanol–water partition coefficient (Wildman–Crippen LogP) is 6.78. The first-order chi connectivity index (χ1) is 12.9. The summed E-state index contributed by atoms with van der Waals surface area (Å²) in [7, 11) is 0. The van der Waals surface area contributed by atoms with Crippen molar-refractivity contribution in [3.8, 4) is 11.5 Å². The molecule has 0 radical (unpaired) electrons. The van der Waals surface area contributed by atoms with Crippen LogP contribution in [0.5, 0.6) is 11.5 Å². The molecule has 1 aromatic rings. The van der Waals surface area contributed by atoms with Gasteiger partial charge in [0.25, 0.3) is 0 Å². The summed E-state index contributed by atoms with van der Waals surface area (Å²) < 4.78 is 23.3. The molecule has 0 N–H and O–H groups in total. The fourth-order valence-corrected chi connectivity index (χ4v) is 3.38. The third-order valence-electron chi connectivity index (χ3n) is 4.62. The van der Waals surface area contributed by atoms with Gasteiger partial charge in [-0.15, -0.1) is 0 Å². The number of ether oxygens (including phenoxy) is 4. The zero-order valence-electron chi connectivity index (χ0n) is 19.7. The van der Waals surface area contributed by atoms with Crippen LogP contribution in [0.1, 0.15) is 87.1 Å². The highest BCUT2D eigenvalue weighted by molar-refractivity contribution is 5.43. The minimum absolute atomic E-state index is 0.0738. The number of benzene rings is 1. The van der Waals surface area contributed by atoms with Gasteiger partial charge in [-0.3, -0.25) is 0 Å². The largest absolute Gasteiger partial charge is 0.465 e. The van der Waals surface area contributed by atoms with Crippen molar-refractivity contribution >= 4 is 0 Å². The van der Waals surface area contributed by atoms with Crippen LogP contribution in [0.3, 0.4) is 0 Å². The van der Waals surface area contributed by atoms with Gasteiger partial charge in [-0.05, 0) is 69.1 Å². The molecule has 0 spiro atoms. The molecule has 0 bridgehead atoms. The Labute approximate surface area is 172 Å². The van der Waals surface area contributed by atoms with E-state index in [1.807, 2.05) is 39.8 Å². The Kier molecular flexibility index (Phi) is 9.29. The second-order valence-corrected chi connectivity index (χ2v) is 9.66. The first-order valence-corrected chi connectivity index (χ1v) is 10.6. The molecule has 0 amide bonds. The molecule has 0 saturated carbocycles. The van der Waals surface area contributed by atoms with Crippen LogP contribution in [0.4, 0.5) is 0 Å². The third kappa shape index (κ3) is 8.40. The van der Waals surface area contributed by atoms with Crippen molar-refractivity contribution in [2.45, 2.75) is 94.2 Å². The second kappa shape index (κ2) is 10.5. The van der Waals surface area contributed by atoms with Crippen LogP contribution < -0.4 is 9.47 Å². The maximum absolute atomic E-state index is 6.17. The molecule has 4 heteroatoms. The maximum atomic E-state index is 6.17. The van der Waals surface area contributed by atoms with Crippen LogP contribution in [0.15, 0.2) is 18.2 Å². The fourth-order valence-electron chi connectivity index (χ4n) is 3.38. The number of hydrogen-bond acceptors (Lipinski definition) is 4. The maximum Gasteiger partial charge on any atom is 0.196 e. The smallest absolute Gasteiger partial charge is 0.196 e. The van der Waals surface area contributed by atoms with Crippen molar-refractivity contribution in [3.63, 3.8) is 0 Å². The van der Waals surface area contributed by atoms with Gasteiger partial charge in [-0.1, -0.05) is 41.5 Å². The van der Waals surface area contributed by atoms with Gasteiger partial charge in [-0.2, -0.15) is 0 Å². The summed E-state index contributed by atoms with van der Waals surface area (Å²) in [6.07, 6.45) is 0.455. The Bertz CT molecular complexity index is 583. The van der Waals surface area contributed by atoms with E-state index in [4.69, 9.17) is 18.9 Å². The Morgan fingerprint density at radius 1 is 0.821 bits per heavy atom. The summed E-state index contributed by atoms with van der Waals surface area (Å²) >= 11 is 0. The molecule has 1 rings (SSSR count). The molecule has 0 aliphatic heterocycles. The first kappa shape index (κ1) is 24.8. The lowest BCUT2D eigenvalue weighted by molar-refractivity contribution is -0.0643. The van der Waals surface area contributed by atoms with Gasteiger partial charge in [-0.25, -0.2) is 0 Å². The highest BCUT2D eigenvalue weighted by atomic mass is 16.7. The average Bonchev–Trinajstić information content (AvgIpc) is 2.53. The molecular weight excluding hydrogens is 352 g/mol. The summed E-state index contributed by atoms with van der Waals surface area (Å²) in [5, 5.41) is 0. The summed E-state index contributed by atoms with van der Waals surface area (Å²) in [6.45, 7) is 22.8. The standard InChI is InChI=1S/C24H42O4/c1-11-25-17(3)27-19-13-14-22(28-18(4)26-12-2)20(15-19)21(24(8,9)10)16-23(5,6)7/h13-15,17-18,21H,11-12,16H2,1-10H3. The van der Waals surface area contributed by atoms with E-state index >= 15 is 0 Å². The minimum Gasteiger partial charge on any atom is -0.465 e. The number of rotatable bonds is 10. The highest BCUT2D eigenvalue weighted by Gasteiger charge is 2.33. The summed E-state index contributed by atoms with van der Waals surface area (Å²) in [5.74, 6) is 1.97. The lowest BCUT2D eigenvalue weighted by Gasteiger charge is -2.37. The summed E-state index contributed by atoms with van der Waals surface area (Å²) in [6, 6.07) is 6.06. The molecule has 4 nitrogen and oxygen atoms in total. The molecule has 162 valence electrons. The van der Waals surface area contributed by atoms with Crippen LogP contribution in [0.2, 0.25) is 0 Å². The highest BCUT2D eigenvalue weighted by Crippen LogP contribution is 2.47. The van der Waals surface area contributed by atoms with Crippen molar-refractivity contribution in [1.82, 2.24) is 0 Å². The molecule has 0 aromatic heterocycles. The topological polar surface area (TPSA) is 36.9 Å². The molecule has 0 fully saturated rings. The van der Waals surface area contributed by atoms with E-state index in [1.165, 1.54) is 0 Å². The van der Waals surface area contributed by atoms with E-state index in [0.717, 1.165) is 23.5 Å². The van der Waals surface area contributed by atoms with Crippen LogP contribution in [-0.4, -0.2) is 25.8 Å². The average molecular weight is 395 g/mol. The van der Waals surface area contributed by atoms with Gasteiger partial charge >= 0.3 is 0 Å². The van der Waals surface area contributed by atoms with E-state index in [9.17, 15) is 0 Å². The summed E-state index contributed by atoms with van der Waals surface area (Å²) in [5.41, 5.74) is 1.43. The molecule has 28 heavy (non-hydrogen) atoms. The normalized spacial score (nSPS) is 15.8. The van der Waals surface area contributed by atoms with Crippen LogP contribution in [-0.2, 0) is 9.47 Å². The summed E-state index contributed by atoms with van der Waals surface area (Å²) in [4.78, 5) is 0. The molecule has 3 atom stereocenters. The van der Waals surface area contributed by atoms with Gasteiger partial charge in [0.1, 0.15) is 11.5 Å². The Balaban J connectivity index is 3.35. The molecular formula is C24H42O4. The van der Waals surface area contributed by atoms with Crippen LogP contribution in [0.25, 0.3) is 0 Å². The molecule has 3 unspecified atom stereocenters. The van der Waals surface area contributed by atoms with E-state index < -0.39 is 0 Å². The van der Waals surface area contributed by atoms with Crippen molar-refractivity contribution in [2.24, 2.45) is 10.8 Å².